The van der Waals surface area contributed by atoms with E-state index in [0.29, 0.717) is 12.5 Å². The van der Waals surface area contributed by atoms with E-state index in [1.54, 1.807) is 6.92 Å². The third kappa shape index (κ3) is 7.12. The lowest BCUT2D eigenvalue weighted by atomic mass is 10.2. The molecule has 0 unspecified atom stereocenters. The van der Waals surface area contributed by atoms with Crippen molar-refractivity contribution in [2.24, 2.45) is 5.92 Å². The van der Waals surface area contributed by atoms with Crippen molar-refractivity contribution in [2.75, 3.05) is 13.2 Å². The zero-order chi connectivity index (χ0) is 9.56. The SMILES string of the molecule is C=C(C)COC(=O)OCC(C)C. The highest BCUT2D eigenvalue weighted by Gasteiger charge is 2.04. The molecule has 0 atom stereocenters. The first-order valence-corrected chi connectivity index (χ1v) is 3.96. The van der Waals surface area contributed by atoms with Crippen molar-refractivity contribution < 1.29 is 14.3 Å². The van der Waals surface area contributed by atoms with Gasteiger partial charge >= 0.3 is 6.16 Å². The van der Waals surface area contributed by atoms with Crippen molar-refractivity contribution in [2.45, 2.75) is 20.8 Å². The maximum atomic E-state index is 10.8. The summed E-state index contributed by atoms with van der Waals surface area (Å²) in [4.78, 5) is 10.8. The first-order valence-electron chi connectivity index (χ1n) is 3.96. The van der Waals surface area contributed by atoms with Gasteiger partial charge in [-0.1, -0.05) is 20.4 Å². The quantitative estimate of drug-likeness (QED) is 0.482. The molecule has 12 heavy (non-hydrogen) atoms. The first-order chi connectivity index (χ1) is 5.52. The van der Waals surface area contributed by atoms with Crippen molar-refractivity contribution in [3.05, 3.63) is 12.2 Å². The van der Waals surface area contributed by atoms with Crippen LogP contribution in [0.25, 0.3) is 0 Å². The zero-order valence-corrected chi connectivity index (χ0v) is 7.92. The summed E-state index contributed by atoms with van der Waals surface area (Å²) in [6.07, 6.45) is -0.619. The van der Waals surface area contributed by atoms with Crippen LogP contribution in [0.4, 0.5) is 4.79 Å². The monoisotopic (exact) mass is 172 g/mol. The molecule has 0 radical (unpaired) electrons. The molecule has 0 spiro atoms. The van der Waals surface area contributed by atoms with Gasteiger partial charge in [-0.3, -0.25) is 0 Å². The second-order valence-corrected chi connectivity index (χ2v) is 3.20. The molecule has 0 saturated heterocycles. The Kier molecular flexibility index (Phi) is 5.17. The minimum absolute atomic E-state index is 0.233. The molecule has 0 bridgehead atoms. The molecule has 0 amide bonds. The van der Waals surface area contributed by atoms with E-state index >= 15 is 0 Å². The highest BCUT2D eigenvalue weighted by molar-refractivity contribution is 5.60. The number of rotatable bonds is 4. The van der Waals surface area contributed by atoms with E-state index in [4.69, 9.17) is 9.47 Å². The van der Waals surface area contributed by atoms with Crippen LogP contribution in [0, 0.1) is 5.92 Å². The van der Waals surface area contributed by atoms with E-state index in [1.165, 1.54) is 0 Å². The van der Waals surface area contributed by atoms with Gasteiger partial charge in [0.1, 0.15) is 6.61 Å². The molecule has 0 fully saturated rings. The Morgan fingerprint density at radius 2 is 2.00 bits per heavy atom. The molecule has 3 heteroatoms. The summed E-state index contributed by atoms with van der Waals surface area (Å²) in [6.45, 7) is 9.94. The van der Waals surface area contributed by atoms with Gasteiger partial charge in [-0.05, 0) is 18.4 Å². The van der Waals surface area contributed by atoms with Crippen molar-refractivity contribution in [1.82, 2.24) is 0 Å². The molecule has 0 aromatic rings. The Morgan fingerprint density at radius 1 is 1.42 bits per heavy atom. The van der Waals surface area contributed by atoms with Gasteiger partial charge in [-0.15, -0.1) is 0 Å². The number of carbonyl (C=O) groups is 1. The maximum Gasteiger partial charge on any atom is 0.508 e. The van der Waals surface area contributed by atoms with Gasteiger partial charge in [-0.25, -0.2) is 4.79 Å². The topological polar surface area (TPSA) is 35.5 Å². The van der Waals surface area contributed by atoms with Crippen LogP contribution in [0.15, 0.2) is 12.2 Å². The number of ether oxygens (including phenoxy) is 2. The van der Waals surface area contributed by atoms with Gasteiger partial charge in [0.25, 0.3) is 0 Å². The predicted octanol–water partition coefficient (Wildman–Crippen LogP) is 2.37. The van der Waals surface area contributed by atoms with Gasteiger partial charge in [-0.2, -0.15) is 0 Å². The molecule has 0 aromatic heterocycles. The van der Waals surface area contributed by atoms with Crippen LogP contribution in [0.1, 0.15) is 20.8 Å². The predicted molar refractivity (Wildman–Crippen MR) is 47.0 cm³/mol. The molecule has 0 rings (SSSR count). The molecular weight excluding hydrogens is 156 g/mol. The summed E-state index contributed by atoms with van der Waals surface area (Å²) < 4.78 is 9.44. The fraction of sp³-hybridized carbons (Fsp3) is 0.667. The Morgan fingerprint density at radius 3 is 2.42 bits per heavy atom. The summed E-state index contributed by atoms with van der Waals surface area (Å²) in [7, 11) is 0. The Bertz CT molecular complexity index is 161. The molecule has 3 nitrogen and oxygen atoms in total. The number of carbonyl (C=O) groups excluding carboxylic acids is 1. The molecule has 0 aliphatic carbocycles. The molecule has 0 aromatic carbocycles. The van der Waals surface area contributed by atoms with E-state index in [9.17, 15) is 4.79 Å². The van der Waals surface area contributed by atoms with Crippen LogP contribution in [0.2, 0.25) is 0 Å². The van der Waals surface area contributed by atoms with Crippen LogP contribution in [-0.4, -0.2) is 19.4 Å². The minimum atomic E-state index is -0.619. The standard InChI is InChI=1S/C9H16O3/c1-7(2)5-11-9(10)12-6-8(3)4/h8H,1,5-6H2,2-4H3. The Labute approximate surface area is 73.4 Å². The van der Waals surface area contributed by atoms with E-state index in [2.05, 4.69) is 6.58 Å². The zero-order valence-electron chi connectivity index (χ0n) is 7.92. The summed E-state index contributed by atoms with van der Waals surface area (Å²) in [5, 5.41) is 0. The van der Waals surface area contributed by atoms with Crippen molar-refractivity contribution in [3.63, 3.8) is 0 Å². The molecule has 0 heterocycles. The van der Waals surface area contributed by atoms with Gasteiger partial charge in [0.05, 0.1) is 6.61 Å². The Balaban J connectivity index is 3.40. The van der Waals surface area contributed by atoms with Crippen LogP contribution in [0.5, 0.6) is 0 Å². The van der Waals surface area contributed by atoms with Crippen LogP contribution in [-0.2, 0) is 9.47 Å². The lowest BCUT2D eigenvalue weighted by Crippen LogP contribution is -2.12. The van der Waals surface area contributed by atoms with E-state index in [0.717, 1.165) is 5.57 Å². The highest BCUT2D eigenvalue weighted by atomic mass is 16.7. The molecular formula is C9H16O3. The van der Waals surface area contributed by atoms with E-state index in [1.807, 2.05) is 13.8 Å². The summed E-state index contributed by atoms with van der Waals surface area (Å²) in [5.74, 6) is 0.336. The van der Waals surface area contributed by atoms with Gasteiger partial charge < -0.3 is 9.47 Å². The smallest absolute Gasteiger partial charge is 0.434 e. The minimum Gasteiger partial charge on any atom is -0.434 e. The molecule has 0 N–H and O–H groups in total. The fourth-order valence-corrected chi connectivity index (χ4v) is 0.459. The fourth-order valence-electron chi connectivity index (χ4n) is 0.459. The third-order valence-electron chi connectivity index (χ3n) is 0.971. The Hall–Kier alpha value is -0.990. The van der Waals surface area contributed by atoms with Gasteiger partial charge in [0.15, 0.2) is 0 Å². The van der Waals surface area contributed by atoms with Gasteiger partial charge in [0, 0.05) is 0 Å². The normalized spacial score (nSPS) is 9.67. The average molecular weight is 172 g/mol. The lowest BCUT2D eigenvalue weighted by molar-refractivity contribution is 0.0535. The molecule has 0 aliphatic heterocycles. The van der Waals surface area contributed by atoms with Gasteiger partial charge in [0.2, 0.25) is 0 Å². The van der Waals surface area contributed by atoms with Crippen LogP contribution >= 0.6 is 0 Å². The van der Waals surface area contributed by atoms with E-state index < -0.39 is 6.16 Å². The third-order valence-corrected chi connectivity index (χ3v) is 0.971. The van der Waals surface area contributed by atoms with Crippen molar-refractivity contribution in [1.29, 1.82) is 0 Å². The maximum absolute atomic E-state index is 10.8. The highest BCUT2D eigenvalue weighted by Crippen LogP contribution is 1.96. The number of hydrogen-bond acceptors (Lipinski definition) is 3. The summed E-state index contributed by atoms with van der Waals surface area (Å²) in [5.41, 5.74) is 0.802. The number of hydrogen-bond donors (Lipinski definition) is 0. The molecule has 70 valence electrons. The second kappa shape index (κ2) is 5.63. The summed E-state index contributed by atoms with van der Waals surface area (Å²) >= 11 is 0. The molecule has 0 aliphatic rings. The summed E-state index contributed by atoms with van der Waals surface area (Å²) in [6, 6.07) is 0. The average Bonchev–Trinajstić information content (AvgIpc) is 1.96. The van der Waals surface area contributed by atoms with Crippen molar-refractivity contribution in [3.8, 4) is 0 Å². The second-order valence-electron chi connectivity index (χ2n) is 3.20. The first kappa shape index (κ1) is 11.0. The van der Waals surface area contributed by atoms with Crippen molar-refractivity contribution >= 4 is 6.16 Å². The van der Waals surface area contributed by atoms with Crippen LogP contribution < -0.4 is 0 Å². The molecule has 0 saturated carbocycles. The van der Waals surface area contributed by atoms with E-state index in [-0.39, 0.29) is 6.61 Å². The van der Waals surface area contributed by atoms with Crippen LogP contribution in [0.3, 0.4) is 0 Å². The largest absolute Gasteiger partial charge is 0.508 e. The lowest BCUT2D eigenvalue weighted by Gasteiger charge is -2.07.